The molecule has 0 aromatic carbocycles. The van der Waals surface area contributed by atoms with Crippen LogP contribution in [0, 0.1) is 41.4 Å². The number of allylic oxidation sites excluding steroid dienone is 3. The van der Waals surface area contributed by atoms with Gasteiger partial charge in [0.05, 0.1) is 0 Å². The summed E-state index contributed by atoms with van der Waals surface area (Å²) in [5, 5.41) is 0. The topological polar surface area (TPSA) is 52.6 Å². The highest BCUT2D eigenvalue weighted by atomic mass is 16.6. The van der Waals surface area contributed by atoms with Crippen molar-refractivity contribution < 1.29 is 19.1 Å². The zero-order valence-corrected chi connectivity index (χ0v) is 17.8. The predicted molar refractivity (Wildman–Crippen MR) is 110 cm³/mol. The Kier molecular flexibility index (Phi) is 5.13. The average Bonchev–Trinajstić information content (AvgIpc) is 3.12. The molecule has 2 fully saturated rings. The van der Waals surface area contributed by atoms with Crippen LogP contribution in [0.1, 0.15) is 65.7 Å². The minimum atomic E-state index is -1.28. The molecule has 0 aliphatic heterocycles. The fourth-order valence-electron chi connectivity index (χ4n) is 7.00. The molecular formula is C25H32O4. The first-order chi connectivity index (χ1) is 13.8. The minimum Gasteiger partial charge on any atom is -0.457 e. The Morgan fingerprint density at radius 1 is 1.24 bits per heavy atom. The number of hydrogen-bond acceptors (Lipinski definition) is 4. The van der Waals surface area contributed by atoms with Gasteiger partial charge in [0.1, 0.15) is 0 Å². The van der Waals surface area contributed by atoms with E-state index in [-0.39, 0.29) is 5.97 Å². The Morgan fingerprint density at radius 3 is 2.69 bits per heavy atom. The third-order valence-electron chi connectivity index (χ3n) is 8.20. The highest BCUT2D eigenvalue weighted by Crippen LogP contribution is 2.61. The molecule has 4 rings (SSSR count). The number of ether oxygens (including phenoxy) is 2. The average molecular weight is 397 g/mol. The van der Waals surface area contributed by atoms with Gasteiger partial charge in [-0.3, -0.25) is 9.59 Å². The maximum absolute atomic E-state index is 11.8. The highest BCUT2D eigenvalue weighted by Gasteiger charge is 2.55. The van der Waals surface area contributed by atoms with Gasteiger partial charge in [-0.25, -0.2) is 0 Å². The van der Waals surface area contributed by atoms with Crippen LogP contribution in [-0.4, -0.2) is 23.6 Å². The molecule has 156 valence electrons. The fourth-order valence-corrected chi connectivity index (χ4v) is 7.00. The Bertz CT molecular complexity index is 802. The second-order valence-electron chi connectivity index (χ2n) is 9.43. The van der Waals surface area contributed by atoms with Crippen molar-refractivity contribution in [2.75, 3.05) is 0 Å². The van der Waals surface area contributed by atoms with E-state index in [0.29, 0.717) is 29.6 Å². The lowest BCUT2D eigenvalue weighted by Gasteiger charge is -2.55. The summed E-state index contributed by atoms with van der Waals surface area (Å²) < 4.78 is 11.2. The van der Waals surface area contributed by atoms with Gasteiger partial charge < -0.3 is 9.47 Å². The van der Waals surface area contributed by atoms with Gasteiger partial charge in [-0.2, -0.15) is 0 Å². The molecule has 2 saturated carbocycles. The van der Waals surface area contributed by atoms with Crippen molar-refractivity contribution in [1.29, 1.82) is 0 Å². The molecule has 4 nitrogen and oxygen atoms in total. The lowest BCUT2D eigenvalue weighted by molar-refractivity contribution is -0.173. The van der Waals surface area contributed by atoms with Gasteiger partial charge in [-0.1, -0.05) is 30.6 Å². The first-order valence-electron chi connectivity index (χ1n) is 11.1. The number of hydrogen-bond donors (Lipinski definition) is 0. The van der Waals surface area contributed by atoms with Crippen LogP contribution in [0.4, 0.5) is 0 Å². The molecule has 7 atom stereocenters. The molecular weight excluding hydrogens is 364 g/mol. The summed E-state index contributed by atoms with van der Waals surface area (Å²) in [6, 6.07) is 0. The van der Waals surface area contributed by atoms with Gasteiger partial charge in [0.25, 0.3) is 0 Å². The van der Waals surface area contributed by atoms with Crippen molar-refractivity contribution in [2.24, 2.45) is 29.1 Å². The highest BCUT2D eigenvalue weighted by molar-refractivity contribution is 5.69. The summed E-state index contributed by atoms with van der Waals surface area (Å²) in [7, 11) is 0. The van der Waals surface area contributed by atoms with Gasteiger partial charge in [-0.15, -0.1) is 6.42 Å². The number of carbonyl (C=O) groups excluding carboxylic acids is 2. The minimum absolute atomic E-state index is 0.352. The molecule has 4 heteroatoms. The Morgan fingerprint density at radius 2 is 2.03 bits per heavy atom. The van der Waals surface area contributed by atoms with Crippen LogP contribution in [0.2, 0.25) is 0 Å². The monoisotopic (exact) mass is 396 g/mol. The summed E-state index contributed by atoms with van der Waals surface area (Å²) in [6.07, 6.45) is 19.7. The van der Waals surface area contributed by atoms with Gasteiger partial charge >= 0.3 is 11.9 Å². The van der Waals surface area contributed by atoms with Crippen LogP contribution >= 0.6 is 0 Å². The summed E-state index contributed by atoms with van der Waals surface area (Å²) in [5.41, 5.74) is 0.392. The van der Waals surface area contributed by atoms with Crippen molar-refractivity contribution >= 4 is 11.9 Å². The Balaban J connectivity index is 1.67. The van der Waals surface area contributed by atoms with E-state index in [9.17, 15) is 9.59 Å². The number of fused-ring (bicyclic) bond motifs is 5. The number of carbonyl (C=O) groups is 2. The smallest absolute Gasteiger partial charge is 0.304 e. The molecule has 0 aromatic rings. The van der Waals surface area contributed by atoms with E-state index in [4.69, 9.17) is 15.9 Å². The van der Waals surface area contributed by atoms with Crippen LogP contribution in [0.15, 0.2) is 23.8 Å². The van der Waals surface area contributed by atoms with Crippen molar-refractivity contribution in [3.8, 4) is 12.3 Å². The third-order valence-corrected chi connectivity index (χ3v) is 8.20. The Labute approximate surface area is 174 Å². The largest absolute Gasteiger partial charge is 0.457 e. The molecule has 0 saturated heterocycles. The molecule has 0 bridgehead atoms. The Hall–Kier alpha value is -2.02. The van der Waals surface area contributed by atoms with Crippen molar-refractivity contribution in [3.05, 3.63) is 23.8 Å². The number of esters is 2. The van der Waals surface area contributed by atoms with Crippen molar-refractivity contribution in [3.63, 3.8) is 0 Å². The quantitative estimate of drug-likeness (QED) is 0.398. The molecule has 0 spiro atoms. The summed E-state index contributed by atoms with van der Waals surface area (Å²) in [6.45, 7) is 5.07. The van der Waals surface area contributed by atoms with E-state index in [1.807, 2.05) is 6.08 Å². The third kappa shape index (κ3) is 3.23. The molecule has 29 heavy (non-hydrogen) atoms. The van der Waals surface area contributed by atoms with Gasteiger partial charge in [0, 0.05) is 13.8 Å². The summed E-state index contributed by atoms with van der Waals surface area (Å²) >= 11 is 0. The van der Waals surface area contributed by atoms with E-state index < -0.39 is 17.7 Å². The number of rotatable bonds is 3. The molecule has 0 amide bonds. The van der Waals surface area contributed by atoms with Gasteiger partial charge in [-0.05, 0) is 80.1 Å². The van der Waals surface area contributed by atoms with Gasteiger partial charge in [0.15, 0.2) is 6.10 Å². The lowest BCUT2D eigenvalue weighted by atomic mass is 9.51. The van der Waals surface area contributed by atoms with Crippen LogP contribution in [0.3, 0.4) is 0 Å². The second kappa shape index (κ2) is 7.35. The van der Waals surface area contributed by atoms with E-state index >= 15 is 0 Å². The normalized spacial score (nSPS) is 42.6. The molecule has 0 radical (unpaired) electrons. The number of terminal acetylenes is 1. The fraction of sp³-hybridized carbons (Fsp3) is 0.680. The standard InChI is InChI=1S/C25H32O4/c1-5-24-12-7-8-22(24)20-10-9-18-15-25(6-2,29-17(4)27)23(28-16(3)26)14-21(18)19(20)11-13-24/h2,7,12,15,19-23H,5,8-11,13-14H2,1,3-4H3/t19-,20+,21-,22-,23?,24?,25-/m0/s1. The predicted octanol–water partition coefficient (Wildman–Crippen LogP) is 4.59. The molecule has 2 unspecified atom stereocenters. The summed E-state index contributed by atoms with van der Waals surface area (Å²) in [5.74, 6) is 4.18. The maximum Gasteiger partial charge on any atom is 0.304 e. The van der Waals surface area contributed by atoms with Crippen LogP contribution in [-0.2, 0) is 19.1 Å². The van der Waals surface area contributed by atoms with E-state index in [1.54, 1.807) is 0 Å². The zero-order chi connectivity index (χ0) is 20.8. The molecule has 4 aliphatic rings. The SMILES string of the molecule is C#C[C@]1(OC(C)=O)C=C2CC[C@@H]3[C@H](CCC4(CC)C=CC[C@@H]34)[C@H]2CC1OC(C)=O. The second-order valence-corrected chi connectivity index (χ2v) is 9.43. The first-order valence-corrected chi connectivity index (χ1v) is 11.1. The van der Waals surface area contributed by atoms with Crippen molar-refractivity contribution in [1.82, 2.24) is 0 Å². The first kappa shape index (κ1) is 20.3. The van der Waals surface area contributed by atoms with E-state index in [0.717, 1.165) is 12.3 Å². The molecule has 0 N–H and O–H groups in total. The van der Waals surface area contributed by atoms with Crippen LogP contribution < -0.4 is 0 Å². The van der Waals surface area contributed by atoms with E-state index in [1.165, 1.54) is 51.5 Å². The van der Waals surface area contributed by atoms with Gasteiger partial charge in [0.2, 0.25) is 5.60 Å². The molecule has 0 aromatic heterocycles. The maximum atomic E-state index is 11.8. The van der Waals surface area contributed by atoms with Crippen LogP contribution in [0.25, 0.3) is 0 Å². The zero-order valence-electron chi connectivity index (χ0n) is 17.8. The van der Waals surface area contributed by atoms with Crippen LogP contribution in [0.5, 0.6) is 0 Å². The van der Waals surface area contributed by atoms with E-state index in [2.05, 4.69) is 25.0 Å². The lowest BCUT2D eigenvalue weighted by Crippen LogP contribution is -2.53. The summed E-state index contributed by atoms with van der Waals surface area (Å²) in [4.78, 5) is 23.6. The molecule has 0 heterocycles. The molecule has 4 aliphatic carbocycles. The van der Waals surface area contributed by atoms with Crippen molar-refractivity contribution in [2.45, 2.75) is 77.4 Å².